The summed E-state index contributed by atoms with van der Waals surface area (Å²) in [5.41, 5.74) is 0. The van der Waals surface area contributed by atoms with Crippen LogP contribution >= 0.6 is 0 Å². The van der Waals surface area contributed by atoms with Gasteiger partial charge in [-0.15, -0.1) is 0 Å². The van der Waals surface area contributed by atoms with Crippen molar-refractivity contribution in [2.75, 3.05) is 14.1 Å². The van der Waals surface area contributed by atoms with Gasteiger partial charge in [-0.2, -0.15) is 0 Å². The van der Waals surface area contributed by atoms with Gasteiger partial charge >= 0.3 is 6.03 Å². The fourth-order valence-corrected chi connectivity index (χ4v) is 1.81. The third-order valence-electron chi connectivity index (χ3n) is 2.78. The molecule has 3 atom stereocenters. The highest BCUT2D eigenvalue weighted by atomic mass is 16.2. The first-order chi connectivity index (χ1) is 6.50. The van der Waals surface area contributed by atoms with Gasteiger partial charge in [0.2, 0.25) is 0 Å². The largest absolute Gasteiger partial charge is 0.334 e. The van der Waals surface area contributed by atoms with Gasteiger partial charge in [-0.05, 0) is 26.7 Å². The van der Waals surface area contributed by atoms with Crippen LogP contribution in [0.15, 0.2) is 0 Å². The van der Waals surface area contributed by atoms with Crippen LogP contribution in [0.1, 0.15) is 26.7 Å². The van der Waals surface area contributed by atoms with Crippen molar-refractivity contribution in [2.24, 2.45) is 0 Å². The van der Waals surface area contributed by atoms with Crippen molar-refractivity contribution in [1.29, 1.82) is 0 Å². The molecule has 0 aromatic carbocycles. The quantitative estimate of drug-likeness (QED) is 0.655. The van der Waals surface area contributed by atoms with E-state index in [1.54, 1.807) is 19.0 Å². The van der Waals surface area contributed by atoms with E-state index in [1.807, 2.05) is 0 Å². The lowest BCUT2D eigenvalue weighted by atomic mass is 9.95. The molecule has 4 heteroatoms. The van der Waals surface area contributed by atoms with E-state index < -0.39 is 0 Å². The van der Waals surface area contributed by atoms with Gasteiger partial charge in [0.25, 0.3) is 0 Å². The number of nitrogens with zero attached hydrogens (tertiary/aromatic N) is 1. The molecule has 0 radical (unpaired) electrons. The Hall–Kier alpha value is -0.770. The third kappa shape index (κ3) is 2.87. The topological polar surface area (TPSA) is 44.4 Å². The molecule has 1 aliphatic rings. The summed E-state index contributed by atoms with van der Waals surface area (Å²) in [7, 11) is 3.53. The Morgan fingerprint density at radius 1 is 1.36 bits per heavy atom. The van der Waals surface area contributed by atoms with Gasteiger partial charge in [0, 0.05) is 32.2 Å². The minimum Gasteiger partial charge on any atom is -0.334 e. The Morgan fingerprint density at radius 3 is 2.50 bits per heavy atom. The smallest absolute Gasteiger partial charge is 0.317 e. The van der Waals surface area contributed by atoms with Gasteiger partial charge in [0.05, 0.1) is 0 Å². The summed E-state index contributed by atoms with van der Waals surface area (Å²) < 4.78 is 0. The summed E-state index contributed by atoms with van der Waals surface area (Å²) >= 11 is 0. The van der Waals surface area contributed by atoms with E-state index in [0.29, 0.717) is 12.1 Å². The average molecular weight is 199 g/mol. The maximum atomic E-state index is 11.4. The lowest BCUT2D eigenvalue weighted by molar-refractivity contribution is 0.200. The molecule has 0 spiro atoms. The molecule has 0 bridgehead atoms. The van der Waals surface area contributed by atoms with E-state index in [1.165, 1.54) is 0 Å². The van der Waals surface area contributed by atoms with Crippen LogP contribution in [0, 0.1) is 0 Å². The molecule has 0 aromatic rings. The summed E-state index contributed by atoms with van der Waals surface area (Å²) in [6.07, 6.45) is 2.19. The van der Waals surface area contributed by atoms with Gasteiger partial charge in [0.15, 0.2) is 0 Å². The molecule has 82 valence electrons. The number of carbonyl (C=O) groups is 1. The highest BCUT2D eigenvalue weighted by molar-refractivity contribution is 5.73. The summed E-state index contributed by atoms with van der Waals surface area (Å²) in [6, 6.07) is 1.19. The van der Waals surface area contributed by atoms with Gasteiger partial charge < -0.3 is 15.5 Å². The van der Waals surface area contributed by atoms with Crippen molar-refractivity contribution in [2.45, 2.75) is 44.8 Å². The summed E-state index contributed by atoms with van der Waals surface area (Å²) in [5, 5.41) is 6.45. The molecule has 0 aliphatic carbocycles. The van der Waals surface area contributed by atoms with Crippen LogP contribution in [-0.2, 0) is 0 Å². The van der Waals surface area contributed by atoms with Crippen LogP contribution in [-0.4, -0.2) is 43.2 Å². The second-order valence-corrected chi connectivity index (χ2v) is 4.38. The first-order valence-electron chi connectivity index (χ1n) is 5.24. The fraction of sp³-hybridized carbons (Fsp3) is 0.900. The van der Waals surface area contributed by atoms with Crippen LogP contribution in [0.3, 0.4) is 0 Å². The molecular weight excluding hydrogens is 178 g/mol. The third-order valence-corrected chi connectivity index (χ3v) is 2.78. The molecule has 1 fully saturated rings. The second-order valence-electron chi connectivity index (χ2n) is 4.38. The Balaban J connectivity index is 2.41. The fourth-order valence-electron chi connectivity index (χ4n) is 1.81. The van der Waals surface area contributed by atoms with Crippen LogP contribution in [0.25, 0.3) is 0 Å². The minimum absolute atomic E-state index is 0.00166. The highest BCUT2D eigenvalue weighted by Crippen LogP contribution is 2.13. The summed E-state index contributed by atoms with van der Waals surface area (Å²) in [6.45, 7) is 4.30. The first-order valence-corrected chi connectivity index (χ1v) is 5.24. The zero-order chi connectivity index (χ0) is 10.7. The monoisotopic (exact) mass is 199 g/mol. The van der Waals surface area contributed by atoms with E-state index in [0.717, 1.165) is 12.8 Å². The number of amides is 2. The number of nitrogens with one attached hydrogen (secondary N) is 2. The predicted molar refractivity (Wildman–Crippen MR) is 57.3 cm³/mol. The van der Waals surface area contributed by atoms with E-state index >= 15 is 0 Å². The maximum absolute atomic E-state index is 11.4. The number of hydrogen-bond donors (Lipinski definition) is 2. The first kappa shape index (κ1) is 11.3. The van der Waals surface area contributed by atoms with Crippen LogP contribution in [0.2, 0.25) is 0 Å². The van der Waals surface area contributed by atoms with Crippen molar-refractivity contribution in [3.05, 3.63) is 0 Å². The molecule has 1 rings (SSSR count). The average Bonchev–Trinajstić information content (AvgIpc) is 2.09. The molecule has 4 nitrogen and oxygen atoms in total. The molecule has 0 aromatic heterocycles. The van der Waals surface area contributed by atoms with Gasteiger partial charge in [0.1, 0.15) is 0 Å². The van der Waals surface area contributed by atoms with Crippen molar-refractivity contribution in [1.82, 2.24) is 15.5 Å². The molecule has 2 N–H and O–H groups in total. The summed E-state index contributed by atoms with van der Waals surface area (Å²) in [5.74, 6) is 0. The Morgan fingerprint density at radius 2 is 2.00 bits per heavy atom. The number of rotatable bonds is 1. The molecule has 3 unspecified atom stereocenters. The second kappa shape index (κ2) is 4.64. The maximum Gasteiger partial charge on any atom is 0.317 e. The van der Waals surface area contributed by atoms with Crippen LogP contribution in [0.4, 0.5) is 4.79 Å². The zero-order valence-electron chi connectivity index (χ0n) is 9.50. The van der Waals surface area contributed by atoms with Crippen molar-refractivity contribution >= 4 is 6.03 Å². The normalized spacial score (nSPS) is 32.4. The zero-order valence-corrected chi connectivity index (χ0v) is 9.50. The highest BCUT2D eigenvalue weighted by Gasteiger charge is 2.25. The van der Waals surface area contributed by atoms with Crippen LogP contribution in [0.5, 0.6) is 0 Å². The molecule has 2 amide bonds. The Bertz CT molecular complexity index is 206. The number of piperidine rings is 1. The van der Waals surface area contributed by atoms with E-state index in [9.17, 15) is 4.79 Å². The molecule has 1 saturated heterocycles. The van der Waals surface area contributed by atoms with Crippen molar-refractivity contribution in [3.63, 3.8) is 0 Å². The predicted octanol–water partition coefficient (Wildman–Crippen LogP) is 0.787. The van der Waals surface area contributed by atoms with Gasteiger partial charge in [-0.1, -0.05) is 0 Å². The lowest BCUT2D eigenvalue weighted by Crippen LogP contribution is -2.56. The van der Waals surface area contributed by atoms with E-state index in [2.05, 4.69) is 24.5 Å². The lowest BCUT2D eigenvalue weighted by Gasteiger charge is -2.35. The van der Waals surface area contributed by atoms with Crippen LogP contribution < -0.4 is 10.6 Å². The van der Waals surface area contributed by atoms with Crippen molar-refractivity contribution in [3.8, 4) is 0 Å². The number of urea groups is 1. The molecule has 0 saturated carbocycles. The number of carbonyl (C=O) groups excluding carboxylic acids is 1. The molecule has 14 heavy (non-hydrogen) atoms. The molecule has 1 aliphatic heterocycles. The van der Waals surface area contributed by atoms with E-state index in [-0.39, 0.29) is 12.1 Å². The summed E-state index contributed by atoms with van der Waals surface area (Å²) in [4.78, 5) is 13.0. The Labute approximate surface area is 86.0 Å². The van der Waals surface area contributed by atoms with E-state index in [4.69, 9.17) is 0 Å². The standard InChI is InChI=1S/C10H21N3O/c1-7-5-6-9(8(2)11-7)12-10(14)13(3)4/h7-9,11H,5-6H2,1-4H3,(H,12,14). The molecular formula is C10H21N3O. The SMILES string of the molecule is CC1CCC(NC(=O)N(C)C)C(C)N1. The number of hydrogen-bond acceptors (Lipinski definition) is 2. The van der Waals surface area contributed by atoms with Gasteiger partial charge in [-0.25, -0.2) is 4.79 Å². The minimum atomic E-state index is -0.00166. The molecule has 1 heterocycles. The van der Waals surface area contributed by atoms with Gasteiger partial charge in [-0.3, -0.25) is 0 Å². The Kier molecular flexibility index (Phi) is 3.75. The van der Waals surface area contributed by atoms with Crippen molar-refractivity contribution < 1.29 is 4.79 Å².